The molecular weight excluding hydrogens is 366 g/mol. The first-order chi connectivity index (χ1) is 13.6. The first kappa shape index (κ1) is 19.0. The molecule has 0 aliphatic carbocycles. The predicted molar refractivity (Wildman–Crippen MR) is 101 cm³/mol. The predicted octanol–water partition coefficient (Wildman–Crippen LogP) is 2.26. The van der Waals surface area contributed by atoms with Crippen LogP contribution in [-0.4, -0.2) is 54.3 Å². The molecule has 0 amide bonds. The molecule has 2 aliphatic rings. The van der Waals surface area contributed by atoms with Crippen LogP contribution in [0.2, 0.25) is 0 Å². The van der Waals surface area contributed by atoms with E-state index in [2.05, 4.69) is 9.88 Å². The van der Waals surface area contributed by atoms with Crippen LogP contribution < -0.4 is 10.5 Å². The average molecular weight is 390 g/mol. The second-order valence-corrected chi connectivity index (χ2v) is 7.40. The van der Waals surface area contributed by atoms with Gasteiger partial charge < -0.3 is 9.64 Å². The van der Waals surface area contributed by atoms with Crippen LogP contribution in [0.3, 0.4) is 0 Å². The van der Waals surface area contributed by atoms with Gasteiger partial charge in [0.25, 0.3) is 5.56 Å². The van der Waals surface area contributed by atoms with Crippen molar-refractivity contribution in [3.8, 4) is 0 Å². The number of H-pyrrole nitrogens is 1. The number of nitrogens with one attached hydrogen (secondary N) is 1. The zero-order valence-electron chi connectivity index (χ0n) is 15.7. The maximum absolute atomic E-state index is 14.0. The lowest BCUT2D eigenvalue weighted by atomic mass is 9.94. The molecule has 4 rings (SSSR count). The SMILES string of the molecule is O=c1cc(C2CCCN(Cc3ccc(F)cc3F)C2)nc(N2CCOCC2)[nH]1. The number of rotatable bonds is 4. The van der Waals surface area contributed by atoms with Crippen molar-refractivity contribution in [2.75, 3.05) is 44.3 Å². The molecule has 0 bridgehead atoms. The average Bonchev–Trinajstić information content (AvgIpc) is 2.71. The molecule has 0 spiro atoms. The number of aromatic nitrogens is 2. The lowest BCUT2D eigenvalue weighted by Crippen LogP contribution is -2.39. The van der Waals surface area contributed by atoms with Crippen LogP contribution >= 0.6 is 0 Å². The number of hydrogen-bond donors (Lipinski definition) is 1. The highest BCUT2D eigenvalue weighted by molar-refractivity contribution is 5.32. The van der Waals surface area contributed by atoms with Gasteiger partial charge in [0.15, 0.2) is 0 Å². The number of benzene rings is 1. The highest BCUT2D eigenvalue weighted by Crippen LogP contribution is 2.27. The van der Waals surface area contributed by atoms with Gasteiger partial charge in [0.1, 0.15) is 11.6 Å². The Hall–Kier alpha value is -2.32. The summed E-state index contributed by atoms with van der Waals surface area (Å²) < 4.78 is 32.5. The maximum atomic E-state index is 14.0. The minimum absolute atomic E-state index is 0.111. The number of morpholine rings is 1. The van der Waals surface area contributed by atoms with E-state index in [0.717, 1.165) is 31.1 Å². The molecule has 1 aromatic carbocycles. The summed E-state index contributed by atoms with van der Waals surface area (Å²) >= 11 is 0. The van der Waals surface area contributed by atoms with E-state index in [1.807, 2.05) is 4.90 Å². The van der Waals surface area contributed by atoms with Gasteiger partial charge in [-0.2, -0.15) is 0 Å². The lowest BCUT2D eigenvalue weighted by molar-refractivity contribution is 0.122. The first-order valence-electron chi connectivity index (χ1n) is 9.69. The summed E-state index contributed by atoms with van der Waals surface area (Å²) in [5.74, 6) is -0.390. The van der Waals surface area contributed by atoms with E-state index in [4.69, 9.17) is 9.72 Å². The van der Waals surface area contributed by atoms with E-state index in [1.54, 1.807) is 6.07 Å². The van der Waals surface area contributed by atoms with Crippen LogP contribution in [0, 0.1) is 11.6 Å². The van der Waals surface area contributed by atoms with Crippen molar-refractivity contribution >= 4 is 5.95 Å². The molecule has 1 unspecified atom stereocenters. The number of ether oxygens (including phenoxy) is 1. The third-order valence-electron chi connectivity index (χ3n) is 5.39. The summed E-state index contributed by atoms with van der Waals surface area (Å²) in [6, 6.07) is 5.27. The van der Waals surface area contributed by atoms with Crippen molar-refractivity contribution in [3.05, 3.63) is 57.5 Å². The Morgan fingerprint density at radius 1 is 1.18 bits per heavy atom. The molecule has 1 N–H and O–H groups in total. The summed E-state index contributed by atoms with van der Waals surface area (Å²) in [6.07, 6.45) is 1.87. The molecule has 3 heterocycles. The van der Waals surface area contributed by atoms with Gasteiger partial charge in [0, 0.05) is 49.8 Å². The van der Waals surface area contributed by atoms with E-state index in [-0.39, 0.29) is 11.5 Å². The van der Waals surface area contributed by atoms with Crippen molar-refractivity contribution in [3.63, 3.8) is 0 Å². The molecule has 0 saturated carbocycles. The monoisotopic (exact) mass is 390 g/mol. The van der Waals surface area contributed by atoms with E-state index in [0.29, 0.717) is 50.9 Å². The highest BCUT2D eigenvalue weighted by Gasteiger charge is 2.25. The summed E-state index contributed by atoms with van der Waals surface area (Å²) in [5, 5.41) is 0. The molecule has 2 saturated heterocycles. The van der Waals surface area contributed by atoms with Gasteiger partial charge in [-0.25, -0.2) is 13.8 Å². The van der Waals surface area contributed by atoms with Crippen molar-refractivity contribution < 1.29 is 13.5 Å². The van der Waals surface area contributed by atoms with Crippen molar-refractivity contribution in [1.82, 2.24) is 14.9 Å². The summed E-state index contributed by atoms with van der Waals surface area (Å²) in [6.45, 7) is 4.59. The van der Waals surface area contributed by atoms with Gasteiger partial charge in [-0.1, -0.05) is 6.07 Å². The van der Waals surface area contributed by atoms with Gasteiger partial charge in [-0.3, -0.25) is 14.7 Å². The van der Waals surface area contributed by atoms with Gasteiger partial charge >= 0.3 is 0 Å². The number of likely N-dealkylation sites (tertiary alicyclic amines) is 1. The second-order valence-electron chi connectivity index (χ2n) is 7.40. The molecule has 28 heavy (non-hydrogen) atoms. The standard InChI is InChI=1S/C20H24F2N4O2/c21-16-4-3-14(17(22)10-16)12-25-5-1-2-15(13-25)18-11-19(27)24-20(23-18)26-6-8-28-9-7-26/h3-4,10-11,15H,1-2,5-9,12-13H2,(H,23,24,27). The van der Waals surface area contributed by atoms with E-state index >= 15 is 0 Å². The zero-order chi connectivity index (χ0) is 19.5. The Morgan fingerprint density at radius 3 is 2.79 bits per heavy atom. The molecule has 1 atom stereocenters. The van der Waals surface area contributed by atoms with Gasteiger partial charge in [-0.05, 0) is 25.5 Å². The number of anilines is 1. The van der Waals surface area contributed by atoms with Crippen LogP contribution in [0.1, 0.15) is 30.0 Å². The van der Waals surface area contributed by atoms with Crippen molar-refractivity contribution in [1.29, 1.82) is 0 Å². The topological polar surface area (TPSA) is 61.5 Å². The summed E-state index contributed by atoms with van der Waals surface area (Å²) in [7, 11) is 0. The smallest absolute Gasteiger partial charge is 0.252 e. The third kappa shape index (κ3) is 4.39. The number of piperidine rings is 1. The number of aromatic amines is 1. The van der Waals surface area contributed by atoms with Gasteiger partial charge in [0.05, 0.1) is 18.9 Å². The van der Waals surface area contributed by atoms with Crippen LogP contribution in [-0.2, 0) is 11.3 Å². The maximum Gasteiger partial charge on any atom is 0.252 e. The van der Waals surface area contributed by atoms with Gasteiger partial charge in [-0.15, -0.1) is 0 Å². The Bertz CT molecular complexity index is 883. The van der Waals surface area contributed by atoms with Crippen molar-refractivity contribution in [2.24, 2.45) is 0 Å². The largest absolute Gasteiger partial charge is 0.378 e. The highest BCUT2D eigenvalue weighted by atomic mass is 19.1. The Labute approximate surface area is 162 Å². The minimum Gasteiger partial charge on any atom is -0.378 e. The molecule has 2 aliphatic heterocycles. The van der Waals surface area contributed by atoms with E-state index in [1.165, 1.54) is 12.1 Å². The van der Waals surface area contributed by atoms with Gasteiger partial charge in [0.2, 0.25) is 5.95 Å². The van der Waals surface area contributed by atoms with Crippen LogP contribution in [0.5, 0.6) is 0 Å². The number of nitrogens with zero attached hydrogens (tertiary/aromatic N) is 3. The minimum atomic E-state index is -0.568. The molecule has 8 heteroatoms. The second kappa shape index (κ2) is 8.36. The fraction of sp³-hybridized carbons (Fsp3) is 0.500. The Balaban J connectivity index is 1.49. The molecular formula is C20H24F2N4O2. The molecule has 2 fully saturated rings. The number of halogens is 2. The Morgan fingerprint density at radius 2 is 2.00 bits per heavy atom. The molecule has 6 nitrogen and oxygen atoms in total. The Kier molecular flexibility index (Phi) is 5.68. The third-order valence-corrected chi connectivity index (χ3v) is 5.39. The first-order valence-corrected chi connectivity index (χ1v) is 9.69. The normalized spacial score (nSPS) is 21.1. The summed E-state index contributed by atoms with van der Waals surface area (Å²) in [5.41, 5.74) is 1.10. The van der Waals surface area contributed by atoms with Crippen LogP contribution in [0.15, 0.2) is 29.1 Å². The number of hydrogen-bond acceptors (Lipinski definition) is 5. The van der Waals surface area contributed by atoms with Crippen LogP contribution in [0.25, 0.3) is 0 Å². The molecule has 1 aromatic heterocycles. The quantitative estimate of drug-likeness (QED) is 0.868. The van der Waals surface area contributed by atoms with E-state index < -0.39 is 11.6 Å². The van der Waals surface area contributed by atoms with E-state index in [9.17, 15) is 13.6 Å². The molecule has 0 radical (unpaired) electrons. The fourth-order valence-electron chi connectivity index (χ4n) is 3.93. The van der Waals surface area contributed by atoms with Crippen molar-refractivity contribution in [2.45, 2.75) is 25.3 Å². The molecule has 150 valence electrons. The van der Waals surface area contributed by atoms with Crippen LogP contribution in [0.4, 0.5) is 14.7 Å². The molecule has 2 aromatic rings. The fourth-order valence-corrected chi connectivity index (χ4v) is 3.93. The lowest BCUT2D eigenvalue weighted by Gasteiger charge is -2.33. The summed E-state index contributed by atoms with van der Waals surface area (Å²) in [4.78, 5) is 23.9. The zero-order valence-corrected chi connectivity index (χ0v) is 15.7.